The molecular weight excluding hydrogens is 306 g/mol. The van der Waals surface area contributed by atoms with Gasteiger partial charge in [-0.25, -0.2) is 0 Å². The summed E-state index contributed by atoms with van der Waals surface area (Å²) in [6, 6.07) is 11.1. The summed E-state index contributed by atoms with van der Waals surface area (Å²) in [4.78, 5) is 2.86. The first-order valence-electron chi connectivity index (χ1n) is 7.44. The molecule has 2 aliphatic heterocycles. The number of hydrogen-bond acceptors (Lipinski definition) is 5. The lowest BCUT2D eigenvalue weighted by molar-refractivity contribution is 0.401. The summed E-state index contributed by atoms with van der Waals surface area (Å²) in [5, 5.41) is 6.90. The van der Waals surface area contributed by atoms with Crippen LogP contribution in [0.1, 0.15) is 11.1 Å². The van der Waals surface area contributed by atoms with Gasteiger partial charge >= 0.3 is 0 Å². The van der Waals surface area contributed by atoms with Gasteiger partial charge in [0, 0.05) is 28.3 Å². The third-order valence-electron chi connectivity index (χ3n) is 4.46. The number of rotatable bonds is 2. The van der Waals surface area contributed by atoms with Crippen molar-refractivity contribution in [2.24, 2.45) is 10.8 Å². The fourth-order valence-corrected chi connectivity index (χ4v) is 3.36. The third-order valence-corrected chi connectivity index (χ3v) is 4.46. The Morgan fingerprint density at radius 2 is 2.00 bits per heavy atom. The zero-order valence-corrected chi connectivity index (χ0v) is 13.0. The van der Waals surface area contributed by atoms with Crippen LogP contribution in [-0.2, 0) is 5.41 Å². The lowest BCUT2D eigenvalue weighted by atomic mass is 9.73. The molecule has 0 saturated carbocycles. The van der Waals surface area contributed by atoms with Crippen LogP contribution in [-0.4, -0.2) is 13.7 Å². The Kier molecular flexibility index (Phi) is 3.04. The Hall–Kier alpha value is -3.31. The molecule has 7 nitrogen and oxygen atoms in total. The van der Waals surface area contributed by atoms with Crippen molar-refractivity contribution < 1.29 is 9.47 Å². The molecule has 2 heterocycles. The van der Waals surface area contributed by atoms with Gasteiger partial charge < -0.3 is 20.5 Å². The standard InChI is InChI=1S/C17H15N5O2/c1-23-11-3-5-15-13(7-11)17(8-16(18)20-9-17)12-6-10(21-22-19)2-4-14(12)24-15/h2-8,20H,9,18H2,1H3/t17-/m0/s1. The van der Waals surface area contributed by atoms with Crippen LogP contribution in [0, 0.1) is 0 Å². The average molecular weight is 321 g/mol. The molecule has 0 amide bonds. The monoisotopic (exact) mass is 321 g/mol. The van der Waals surface area contributed by atoms with Crippen LogP contribution < -0.4 is 20.5 Å². The number of nitrogens with one attached hydrogen (secondary N) is 1. The number of azide groups is 1. The van der Waals surface area contributed by atoms with Gasteiger partial charge in [-0.05, 0) is 48.0 Å². The van der Waals surface area contributed by atoms with Crippen LogP contribution in [0.25, 0.3) is 10.4 Å². The highest BCUT2D eigenvalue weighted by Gasteiger charge is 2.44. The van der Waals surface area contributed by atoms with Crippen LogP contribution in [0.3, 0.4) is 0 Å². The SMILES string of the molecule is COc1ccc2c(c1)[C@]1(C=C(N)NC1)c1cc(N=[N+]=[N-])ccc1O2. The molecule has 4 rings (SSSR count). The maximum atomic E-state index is 8.72. The molecule has 0 aromatic heterocycles. The molecule has 120 valence electrons. The van der Waals surface area contributed by atoms with Crippen molar-refractivity contribution in [1.29, 1.82) is 0 Å². The molecule has 1 spiro atoms. The highest BCUT2D eigenvalue weighted by atomic mass is 16.5. The van der Waals surface area contributed by atoms with E-state index in [4.69, 9.17) is 20.7 Å². The highest BCUT2D eigenvalue weighted by Crippen LogP contribution is 2.52. The smallest absolute Gasteiger partial charge is 0.132 e. The second-order valence-corrected chi connectivity index (χ2v) is 5.76. The van der Waals surface area contributed by atoms with E-state index in [1.165, 1.54) is 0 Å². The Balaban J connectivity index is 2.00. The van der Waals surface area contributed by atoms with E-state index in [1.54, 1.807) is 13.2 Å². The minimum atomic E-state index is -0.497. The van der Waals surface area contributed by atoms with Crippen molar-refractivity contribution in [3.8, 4) is 17.2 Å². The Labute approximate surface area is 138 Å². The quantitative estimate of drug-likeness (QED) is 0.502. The van der Waals surface area contributed by atoms with E-state index in [0.717, 1.165) is 28.4 Å². The lowest BCUT2D eigenvalue weighted by Crippen LogP contribution is -2.34. The Bertz CT molecular complexity index is 917. The van der Waals surface area contributed by atoms with Crippen molar-refractivity contribution in [2.45, 2.75) is 5.41 Å². The van der Waals surface area contributed by atoms with Gasteiger partial charge in [0.15, 0.2) is 0 Å². The summed E-state index contributed by atoms with van der Waals surface area (Å²) >= 11 is 0. The molecule has 24 heavy (non-hydrogen) atoms. The van der Waals surface area contributed by atoms with E-state index in [9.17, 15) is 0 Å². The fraction of sp³-hybridized carbons (Fsp3) is 0.176. The summed E-state index contributed by atoms with van der Waals surface area (Å²) in [5.41, 5.74) is 16.6. The lowest BCUT2D eigenvalue weighted by Gasteiger charge is -2.35. The molecule has 2 aromatic rings. The van der Waals surface area contributed by atoms with Crippen molar-refractivity contribution in [2.75, 3.05) is 13.7 Å². The van der Waals surface area contributed by atoms with Gasteiger partial charge in [-0.3, -0.25) is 0 Å². The Morgan fingerprint density at radius 3 is 2.67 bits per heavy atom. The maximum absolute atomic E-state index is 8.72. The molecule has 2 aromatic carbocycles. The number of hydrogen-bond donors (Lipinski definition) is 2. The molecular formula is C17H15N5O2. The van der Waals surface area contributed by atoms with E-state index < -0.39 is 5.41 Å². The van der Waals surface area contributed by atoms with E-state index >= 15 is 0 Å². The summed E-state index contributed by atoms with van der Waals surface area (Å²) < 4.78 is 11.4. The predicted molar refractivity (Wildman–Crippen MR) is 89.4 cm³/mol. The van der Waals surface area contributed by atoms with Gasteiger partial charge in [-0.2, -0.15) is 0 Å². The topological polar surface area (TPSA) is 105 Å². The van der Waals surface area contributed by atoms with Crippen molar-refractivity contribution in [3.05, 3.63) is 69.9 Å². The largest absolute Gasteiger partial charge is 0.497 e. The maximum Gasteiger partial charge on any atom is 0.132 e. The molecule has 0 aliphatic carbocycles. The molecule has 0 bridgehead atoms. The summed E-state index contributed by atoms with van der Waals surface area (Å²) in [7, 11) is 1.63. The van der Waals surface area contributed by atoms with Gasteiger partial charge in [-0.1, -0.05) is 5.11 Å². The van der Waals surface area contributed by atoms with Crippen LogP contribution in [0.15, 0.2) is 53.4 Å². The molecule has 0 saturated heterocycles. The van der Waals surface area contributed by atoms with Gasteiger partial charge in [0.2, 0.25) is 0 Å². The van der Waals surface area contributed by atoms with E-state index in [0.29, 0.717) is 18.1 Å². The van der Waals surface area contributed by atoms with E-state index in [2.05, 4.69) is 15.3 Å². The summed E-state index contributed by atoms with van der Waals surface area (Å²) in [6.07, 6.45) is 1.98. The van der Waals surface area contributed by atoms with Crippen molar-refractivity contribution in [3.63, 3.8) is 0 Å². The third kappa shape index (κ3) is 1.96. The summed E-state index contributed by atoms with van der Waals surface area (Å²) in [6.45, 7) is 0.592. The second-order valence-electron chi connectivity index (χ2n) is 5.76. The fourth-order valence-electron chi connectivity index (χ4n) is 3.36. The van der Waals surface area contributed by atoms with Crippen LogP contribution in [0.2, 0.25) is 0 Å². The van der Waals surface area contributed by atoms with Crippen LogP contribution in [0.4, 0.5) is 5.69 Å². The van der Waals surface area contributed by atoms with E-state index in [1.807, 2.05) is 36.4 Å². The number of nitrogens with two attached hydrogens (primary N) is 1. The first-order valence-corrected chi connectivity index (χ1v) is 7.44. The van der Waals surface area contributed by atoms with Crippen molar-refractivity contribution in [1.82, 2.24) is 5.32 Å². The number of ether oxygens (including phenoxy) is 2. The van der Waals surface area contributed by atoms with Crippen LogP contribution in [0.5, 0.6) is 17.2 Å². The zero-order chi connectivity index (χ0) is 16.7. The van der Waals surface area contributed by atoms with Gasteiger partial charge in [0.1, 0.15) is 17.2 Å². The molecule has 3 N–H and O–H groups in total. The minimum Gasteiger partial charge on any atom is -0.497 e. The summed E-state index contributed by atoms with van der Waals surface area (Å²) in [5.74, 6) is 2.82. The predicted octanol–water partition coefficient (Wildman–Crippen LogP) is 3.43. The second kappa shape index (κ2) is 5.11. The average Bonchev–Trinajstić information content (AvgIpc) is 2.98. The van der Waals surface area contributed by atoms with Gasteiger partial charge in [-0.15, -0.1) is 0 Å². The Morgan fingerprint density at radius 1 is 1.25 bits per heavy atom. The molecule has 0 fully saturated rings. The normalized spacial score (nSPS) is 20.1. The highest BCUT2D eigenvalue weighted by molar-refractivity contribution is 5.66. The van der Waals surface area contributed by atoms with Crippen LogP contribution >= 0.6 is 0 Å². The molecule has 0 unspecified atom stereocenters. The first kappa shape index (κ1) is 14.3. The number of nitrogens with zero attached hydrogens (tertiary/aromatic N) is 3. The van der Waals surface area contributed by atoms with E-state index in [-0.39, 0.29) is 0 Å². The molecule has 7 heteroatoms. The molecule has 0 radical (unpaired) electrons. The molecule has 1 atom stereocenters. The van der Waals surface area contributed by atoms with Gasteiger partial charge in [0.25, 0.3) is 0 Å². The van der Waals surface area contributed by atoms with Gasteiger partial charge in [0.05, 0.1) is 18.3 Å². The number of methoxy groups -OCH3 is 1. The van der Waals surface area contributed by atoms with Crippen molar-refractivity contribution >= 4 is 5.69 Å². The number of benzene rings is 2. The first-order chi connectivity index (χ1) is 11.7. The molecule has 2 aliphatic rings. The minimum absolute atomic E-state index is 0.497. The zero-order valence-electron chi connectivity index (χ0n) is 13.0. The number of fused-ring (bicyclic) bond motifs is 4.